The monoisotopic (exact) mass is 329 g/mol. The van der Waals surface area contributed by atoms with Crippen molar-refractivity contribution in [1.82, 2.24) is 10.1 Å². The first-order valence-electron chi connectivity index (χ1n) is 6.63. The van der Waals surface area contributed by atoms with E-state index < -0.39 is 15.8 Å². The summed E-state index contributed by atoms with van der Waals surface area (Å²) < 4.78 is 50.4. The first-order chi connectivity index (χ1) is 10.3. The second-order valence-electron chi connectivity index (χ2n) is 4.73. The van der Waals surface area contributed by atoms with Gasteiger partial charge in [0.25, 0.3) is 10.0 Å². The molecule has 0 aliphatic carbocycles. The van der Waals surface area contributed by atoms with Gasteiger partial charge in [-0.25, -0.2) is 17.5 Å². The largest absolute Gasteiger partial charge is 0.490 e. The van der Waals surface area contributed by atoms with Gasteiger partial charge >= 0.3 is 6.01 Å². The summed E-state index contributed by atoms with van der Waals surface area (Å²) in [6.45, 7) is 5.27. The summed E-state index contributed by atoms with van der Waals surface area (Å²) in [6.07, 6.45) is 0.224. The maximum Gasteiger partial charge on any atom is 0.335 e. The van der Waals surface area contributed by atoms with Crippen molar-refractivity contribution in [2.45, 2.75) is 38.2 Å². The van der Waals surface area contributed by atoms with Crippen LogP contribution in [0.15, 0.2) is 27.6 Å². The predicted octanol–water partition coefficient (Wildman–Crippen LogP) is 2.36. The second-order valence-corrected chi connectivity index (χ2v) is 6.38. The van der Waals surface area contributed by atoms with Gasteiger partial charge in [0.05, 0.1) is 6.10 Å². The highest BCUT2D eigenvalue weighted by molar-refractivity contribution is 7.92. The quantitative estimate of drug-likeness (QED) is 0.874. The SMILES string of the molecule is CCc1noc(NS(=O)(=O)c2cc(F)ccc2OC(C)C)n1. The summed E-state index contributed by atoms with van der Waals surface area (Å²) in [5.74, 6) is -0.300. The molecule has 0 amide bonds. The van der Waals surface area contributed by atoms with Gasteiger partial charge in [0, 0.05) is 6.42 Å². The molecule has 0 bridgehead atoms. The maximum atomic E-state index is 13.4. The zero-order chi connectivity index (χ0) is 16.3. The van der Waals surface area contributed by atoms with Crippen LogP contribution < -0.4 is 9.46 Å². The third-order valence-electron chi connectivity index (χ3n) is 2.56. The fourth-order valence-corrected chi connectivity index (χ4v) is 2.72. The molecule has 0 radical (unpaired) electrons. The molecule has 0 saturated carbocycles. The lowest BCUT2D eigenvalue weighted by Crippen LogP contribution is -2.16. The van der Waals surface area contributed by atoms with Crippen LogP contribution in [0.3, 0.4) is 0 Å². The summed E-state index contributed by atoms with van der Waals surface area (Å²) in [7, 11) is -4.12. The number of anilines is 1. The van der Waals surface area contributed by atoms with Crippen molar-refractivity contribution in [3.05, 3.63) is 29.8 Å². The van der Waals surface area contributed by atoms with Gasteiger partial charge in [-0.3, -0.25) is 0 Å². The summed E-state index contributed by atoms with van der Waals surface area (Å²) in [6, 6.07) is 2.97. The topological polar surface area (TPSA) is 94.3 Å². The van der Waals surface area contributed by atoms with E-state index in [1.165, 1.54) is 6.07 Å². The van der Waals surface area contributed by atoms with Gasteiger partial charge in [-0.05, 0) is 32.0 Å². The van der Waals surface area contributed by atoms with Gasteiger partial charge in [-0.1, -0.05) is 12.1 Å². The molecular formula is C13H16FN3O4S. The van der Waals surface area contributed by atoms with E-state index in [9.17, 15) is 12.8 Å². The molecule has 0 saturated heterocycles. The standard InChI is InChI=1S/C13H16FN3O4S/c1-4-12-15-13(21-16-12)17-22(18,19)11-7-9(14)5-6-10(11)20-8(2)3/h5-8H,4H2,1-3H3,(H,15,16,17). The Kier molecular flexibility index (Phi) is 4.65. The van der Waals surface area contributed by atoms with Crippen LogP contribution in [0.1, 0.15) is 26.6 Å². The molecule has 9 heteroatoms. The molecule has 0 atom stereocenters. The number of aromatic nitrogens is 2. The molecule has 0 fully saturated rings. The molecule has 0 aliphatic heterocycles. The van der Waals surface area contributed by atoms with Crippen molar-refractivity contribution in [2.24, 2.45) is 0 Å². The van der Waals surface area contributed by atoms with Gasteiger partial charge in [0.1, 0.15) is 16.5 Å². The van der Waals surface area contributed by atoms with Crippen molar-refractivity contribution >= 4 is 16.0 Å². The van der Waals surface area contributed by atoms with Crippen molar-refractivity contribution in [3.8, 4) is 5.75 Å². The highest BCUT2D eigenvalue weighted by Crippen LogP contribution is 2.27. The minimum atomic E-state index is -4.12. The van der Waals surface area contributed by atoms with Gasteiger partial charge in [-0.15, -0.1) is 0 Å². The Hall–Kier alpha value is -2.16. The van der Waals surface area contributed by atoms with Gasteiger partial charge in [-0.2, -0.15) is 4.98 Å². The number of sulfonamides is 1. The molecule has 7 nitrogen and oxygen atoms in total. The Morgan fingerprint density at radius 2 is 2.14 bits per heavy atom. The van der Waals surface area contributed by atoms with E-state index in [0.29, 0.717) is 12.2 Å². The number of hydrogen-bond donors (Lipinski definition) is 1. The Labute approximate surface area is 127 Å². The summed E-state index contributed by atoms with van der Waals surface area (Å²) in [4.78, 5) is 3.51. The molecule has 1 N–H and O–H groups in total. The molecule has 2 aromatic rings. The molecule has 22 heavy (non-hydrogen) atoms. The number of benzene rings is 1. The van der Waals surface area contributed by atoms with Crippen LogP contribution in [-0.2, 0) is 16.4 Å². The lowest BCUT2D eigenvalue weighted by Gasteiger charge is -2.14. The summed E-state index contributed by atoms with van der Waals surface area (Å²) in [5, 5.41) is 3.58. The Balaban J connectivity index is 2.37. The number of rotatable bonds is 6. The van der Waals surface area contributed by atoms with Crippen molar-refractivity contribution in [2.75, 3.05) is 4.72 Å². The molecule has 2 rings (SSSR count). The average molecular weight is 329 g/mol. The van der Waals surface area contributed by atoms with Crippen LogP contribution in [0.4, 0.5) is 10.4 Å². The molecule has 0 spiro atoms. The first-order valence-corrected chi connectivity index (χ1v) is 8.11. The molecule has 1 aromatic carbocycles. The van der Waals surface area contributed by atoms with E-state index in [0.717, 1.165) is 12.1 Å². The van der Waals surface area contributed by atoms with E-state index in [-0.39, 0.29) is 22.8 Å². The minimum absolute atomic E-state index is 0.0409. The van der Waals surface area contributed by atoms with Gasteiger partial charge < -0.3 is 9.26 Å². The highest BCUT2D eigenvalue weighted by atomic mass is 32.2. The van der Waals surface area contributed by atoms with E-state index >= 15 is 0 Å². The van der Waals surface area contributed by atoms with Crippen LogP contribution in [-0.4, -0.2) is 24.7 Å². The summed E-state index contributed by atoms with van der Waals surface area (Å²) in [5.41, 5.74) is 0. The van der Waals surface area contributed by atoms with E-state index in [1.807, 2.05) is 0 Å². The molecule has 0 unspecified atom stereocenters. The van der Waals surface area contributed by atoms with E-state index in [1.54, 1.807) is 20.8 Å². The average Bonchev–Trinajstić information content (AvgIpc) is 2.87. The highest BCUT2D eigenvalue weighted by Gasteiger charge is 2.23. The fourth-order valence-electron chi connectivity index (χ4n) is 1.65. The third kappa shape index (κ3) is 3.73. The summed E-state index contributed by atoms with van der Waals surface area (Å²) >= 11 is 0. The molecule has 1 aromatic heterocycles. The number of nitrogens with one attached hydrogen (secondary N) is 1. The number of nitrogens with zero attached hydrogens (tertiary/aromatic N) is 2. The predicted molar refractivity (Wildman–Crippen MR) is 76.6 cm³/mol. The smallest absolute Gasteiger partial charge is 0.335 e. The van der Waals surface area contributed by atoms with Gasteiger partial charge in [0.15, 0.2) is 5.82 Å². The van der Waals surface area contributed by atoms with Crippen LogP contribution >= 0.6 is 0 Å². The van der Waals surface area contributed by atoms with E-state index in [2.05, 4.69) is 14.9 Å². The van der Waals surface area contributed by atoms with Crippen LogP contribution in [0, 0.1) is 5.82 Å². The molecule has 120 valence electrons. The maximum absolute atomic E-state index is 13.4. The Morgan fingerprint density at radius 1 is 1.41 bits per heavy atom. The minimum Gasteiger partial charge on any atom is -0.490 e. The molecular weight excluding hydrogens is 313 g/mol. The lowest BCUT2D eigenvalue weighted by molar-refractivity contribution is 0.235. The normalized spacial score (nSPS) is 11.7. The van der Waals surface area contributed by atoms with Crippen LogP contribution in [0.5, 0.6) is 5.75 Å². The number of ether oxygens (including phenoxy) is 1. The zero-order valence-electron chi connectivity index (χ0n) is 12.3. The second kappa shape index (κ2) is 6.30. The van der Waals surface area contributed by atoms with Crippen molar-refractivity contribution < 1.29 is 22.1 Å². The fraction of sp³-hybridized carbons (Fsp3) is 0.385. The number of halogens is 1. The van der Waals surface area contributed by atoms with Crippen molar-refractivity contribution in [1.29, 1.82) is 0 Å². The van der Waals surface area contributed by atoms with Crippen molar-refractivity contribution in [3.63, 3.8) is 0 Å². The molecule has 0 aliphatic rings. The number of hydrogen-bond acceptors (Lipinski definition) is 6. The van der Waals surface area contributed by atoms with Crippen LogP contribution in [0.25, 0.3) is 0 Å². The van der Waals surface area contributed by atoms with Gasteiger partial charge in [0.2, 0.25) is 0 Å². The molecule has 1 heterocycles. The number of aryl methyl sites for hydroxylation is 1. The van der Waals surface area contributed by atoms with E-state index in [4.69, 9.17) is 9.26 Å². The van der Waals surface area contributed by atoms with Crippen LogP contribution in [0.2, 0.25) is 0 Å². The Morgan fingerprint density at radius 3 is 2.73 bits per heavy atom. The lowest BCUT2D eigenvalue weighted by atomic mass is 10.3. The third-order valence-corrected chi connectivity index (χ3v) is 3.91. The zero-order valence-corrected chi connectivity index (χ0v) is 13.1. The first kappa shape index (κ1) is 16.2. The Bertz CT molecular complexity index is 758.